The Morgan fingerprint density at radius 1 is 0.769 bits per heavy atom. The van der Waals surface area contributed by atoms with E-state index in [1.165, 1.54) is 0 Å². The van der Waals surface area contributed by atoms with E-state index in [2.05, 4.69) is 30.9 Å². The lowest BCUT2D eigenvalue weighted by atomic mass is 10.1. The summed E-state index contributed by atoms with van der Waals surface area (Å²) >= 11 is 6.38. The Balaban J connectivity index is 1.26. The Morgan fingerprint density at radius 2 is 1.51 bits per heavy atom. The third-order valence-corrected chi connectivity index (χ3v) is 6.03. The Morgan fingerprint density at radius 3 is 2.23 bits per heavy atom. The van der Waals surface area contributed by atoms with Crippen LogP contribution in [0.4, 0.5) is 28.7 Å². The van der Waals surface area contributed by atoms with Gasteiger partial charge in [-0.05, 0) is 72.8 Å². The van der Waals surface area contributed by atoms with Gasteiger partial charge in [-0.1, -0.05) is 23.7 Å². The Kier molecular flexibility index (Phi) is 7.42. The molecule has 0 radical (unpaired) electrons. The normalized spacial score (nSPS) is 10.5. The van der Waals surface area contributed by atoms with Crippen LogP contribution in [0, 0.1) is 0 Å². The number of nitrogens with one attached hydrogen (secondary N) is 3. The summed E-state index contributed by atoms with van der Waals surface area (Å²) in [6.45, 7) is 0. The Labute approximate surface area is 229 Å². The molecule has 0 fully saturated rings. The van der Waals surface area contributed by atoms with Crippen LogP contribution < -0.4 is 21.7 Å². The van der Waals surface area contributed by atoms with E-state index in [1.54, 1.807) is 91.4 Å². The van der Waals surface area contributed by atoms with Crippen molar-refractivity contribution in [3.8, 4) is 11.3 Å². The monoisotopic (exact) mass is 535 g/mol. The molecule has 0 unspecified atom stereocenters. The van der Waals surface area contributed by atoms with Crippen LogP contribution >= 0.6 is 11.6 Å². The standard InChI is InChI=1S/C29H22ClN7O2/c30-22-12-11-21(16-26(22)37-29-33-15-13-24(36-29)20-4-3-14-32-17-20)34-27(38)18-7-9-19(10-8-18)28(39)35-25-6-2-1-5-23(25)31/h1-17H,31H2,(H,34,38)(H,35,39)(H,33,36,37). The summed E-state index contributed by atoms with van der Waals surface area (Å²) in [5.41, 5.74) is 10.2. The van der Waals surface area contributed by atoms with Crippen LogP contribution in [0.2, 0.25) is 5.02 Å². The molecule has 0 saturated heterocycles. The molecule has 10 heteroatoms. The largest absolute Gasteiger partial charge is 0.397 e. The van der Waals surface area contributed by atoms with Crippen LogP contribution in [0.1, 0.15) is 20.7 Å². The maximum Gasteiger partial charge on any atom is 0.255 e. The molecule has 0 saturated carbocycles. The van der Waals surface area contributed by atoms with Crippen molar-refractivity contribution in [1.29, 1.82) is 0 Å². The predicted molar refractivity (Wildman–Crippen MR) is 153 cm³/mol. The first-order chi connectivity index (χ1) is 19.0. The highest BCUT2D eigenvalue weighted by Crippen LogP contribution is 2.28. The number of aromatic nitrogens is 3. The summed E-state index contributed by atoms with van der Waals surface area (Å²) in [6.07, 6.45) is 5.04. The van der Waals surface area contributed by atoms with Crippen LogP contribution in [0.25, 0.3) is 11.3 Å². The van der Waals surface area contributed by atoms with Gasteiger partial charge < -0.3 is 21.7 Å². The fourth-order valence-electron chi connectivity index (χ4n) is 3.69. The molecule has 0 atom stereocenters. The second-order valence-corrected chi connectivity index (χ2v) is 8.81. The molecular weight excluding hydrogens is 514 g/mol. The van der Waals surface area contributed by atoms with Gasteiger partial charge in [0.15, 0.2) is 0 Å². The minimum Gasteiger partial charge on any atom is -0.397 e. The number of para-hydroxylation sites is 2. The van der Waals surface area contributed by atoms with Crippen molar-refractivity contribution < 1.29 is 9.59 Å². The molecular formula is C29H22ClN7O2. The predicted octanol–water partition coefficient (Wildman–Crippen LogP) is 6.02. The van der Waals surface area contributed by atoms with Gasteiger partial charge in [-0.2, -0.15) is 0 Å². The molecule has 0 bridgehead atoms. The van der Waals surface area contributed by atoms with Crippen molar-refractivity contribution in [2.45, 2.75) is 0 Å². The van der Waals surface area contributed by atoms with Crippen molar-refractivity contribution in [3.05, 3.63) is 120 Å². The molecule has 3 aromatic carbocycles. The number of halogens is 1. The number of carbonyl (C=O) groups excluding carboxylic acids is 2. The summed E-state index contributed by atoms with van der Waals surface area (Å²) < 4.78 is 0. The third kappa shape index (κ3) is 6.17. The number of hydrogen-bond donors (Lipinski definition) is 4. The van der Waals surface area contributed by atoms with E-state index in [9.17, 15) is 9.59 Å². The summed E-state index contributed by atoms with van der Waals surface area (Å²) in [6, 6.07) is 23.8. The molecule has 2 aromatic heterocycles. The molecule has 5 rings (SSSR count). The number of hydrogen-bond acceptors (Lipinski definition) is 7. The summed E-state index contributed by atoms with van der Waals surface area (Å²) in [7, 11) is 0. The number of anilines is 5. The zero-order chi connectivity index (χ0) is 27.2. The third-order valence-electron chi connectivity index (χ3n) is 5.70. The van der Waals surface area contributed by atoms with Crippen molar-refractivity contribution in [2.75, 3.05) is 21.7 Å². The van der Waals surface area contributed by atoms with E-state index >= 15 is 0 Å². The number of benzene rings is 3. The molecule has 0 aliphatic heterocycles. The van der Waals surface area contributed by atoms with E-state index < -0.39 is 0 Å². The lowest BCUT2D eigenvalue weighted by molar-refractivity contribution is 0.101. The summed E-state index contributed by atoms with van der Waals surface area (Å²) in [5.74, 6) is -0.340. The fourth-order valence-corrected chi connectivity index (χ4v) is 3.86. The fraction of sp³-hybridized carbons (Fsp3) is 0. The zero-order valence-electron chi connectivity index (χ0n) is 20.4. The first kappa shape index (κ1) is 25.4. The van der Waals surface area contributed by atoms with Gasteiger partial charge in [-0.15, -0.1) is 0 Å². The van der Waals surface area contributed by atoms with E-state index in [0.717, 1.165) is 5.56 Å². The van der Waals surface area contributed by atoms with Gasteiger partial charge in [-0.3, -0.25) is 14.6 Å². The maximum atomic E-state index is 12.9. The minimum atomic E-state index is -0.350. The van der Waals surface area contributed by atoms with Crippen LogP contribution in [-0.4, -0.2) is 26.8 Å². The molecule has 192 valence electrons. The minimum absolute atomic E-state index is 0.330. The highest BCUT2D eigenvalue weighted by molar-refractivity contribution is 6.33. The molecule has 5 N–H and O–H groups in total. The molecule has 0 spiro atoms. The van der Waals surface area contributed by atoms with Crippen molar-refractivity contribution in [3.63, 3.8) is 0 Å². The number of amides is 2. The average Bonchev–Trinajstić information content (AvgIpc) is 2.97. The SMILES string of the molecule is Nc1ccccc1NC(=O)c1ccc(C(=O)Nc2ccc(Cl)c(Nc3nccc(-c4cccnc4)n3)c2)cc1. The maximum absolute atomic E-state index is 12.9. The number of nitrogens with zero attached hydrogens (tertiary/aromatic N) is 3. The molecule has 9 nitrogen and oxygen atoms in total. The molecule has 2 heterocycles. The van der Waals surface area contributed by atoms with Crippen LogP contribution in [0.3, 0.4) is 0 Å². The zero-order valence-corrected chi connectivity index (χ0v) is 21.2. The van der Waals surface area contributed by atoms with Crippen LogP contribution in [0.5, 0.6) is 0 Å². The van der Waals surface area contributed by atoms with Crippen molar-refractivity contribution in [1.82, 2.24) is 15.0 Å². The van der Waals surface area contributed by atoms with Crippen LogP contribution in [-0.2, 0) is 0 Å². The molecule has 5 aromatic rings. The summed E-state index contributed by atoms with van der Waals surface area (Å²) in [5, 5.41) is 9.13. The number of nitrogen functional groups attached to an aromatic ring is 1. The van der Waals surface area contributed by atoms with Gasteiger partial charge in [0.05, 0.1) is 27.8 Å². The van der Waals surface area contributed by atoms with Gasteiger partial charge >= 0.3 is 0 Å². The molecule has 39 heavy (non-hydrogen) atoms. The number of rotatable bonds is 7. The van der Waals surface area contributed by atoms with Crippen molar-refractivity contribution >= 4 is 52.1 Å². The highest BCUT2D eigenvalue weighted by atomic mass is 35.5. The smallest absolute Gasteiger partial charge is 0.255 e. The second-order valence-electron chi connectivity index (χ2n) is 8.40. The first-order valence-electron chi connectivity index (χ1n) is 11.8. The average molecular weight is 536 g/mol. The Hall–Kier alpha value is -5.28. The second kappa shape index (κ2) is 11.4. The number of carbonyl (C=O) groups is 2. The summed E-state index contributed by atoms with van der Waals surface area (Å²) in [4.78, 5) is 38.3. The number of pyridine rings is 1. The first-order valence-corrected chi connectivity index (χ1v) is 12.2. The van der Waals surface area contributed by atoms with Gasteiger partial charge in [0.25, 0.3) is 11.8 Å². The lowest BCUT2D eigenvalue weighted by Gasteiger charge is -2.12. The Bertz CT molecular complexity index is 1640. The van der Waals surface area contributed by atoms with Gasteiger partial charge in [0, 0.05) is 41.0 Å². The quantitative estimate of drug-likeness (QED) is 0.187. The number of nitrogens with two attached hydrogens (primary N) is 1. The van der Waals surface area contributed by atoms with E-state index in [-0.39, 0.29) is 11.8 Å². The van der Waals surface area contributed by atoms with E-state index in [0.29, 0.717) is 50.5 Å². The van der Waals surface area contributed by atoms with Gasteiger partial charge in [0.1, 0.15) is 0 Å². The topological polar surface area (TPSA) is 135 Å². The molecule has 0 aliphatic carbocycles. The van der Waals surface area contributed by atoms with Crippen molar-refractivity contribution in [2.24, 2.45) is 0 Å². The van der Waals surface area contributed by atoms with Gasteiger partial charge in [0.2, 0.25) is 5.95 Å². The molecule has 2 amide bonds. The lowest BCUT2D eigenvalue weighted by Crippen LogP contribution is -2.15. The van der Waals surface area contributed by atoms with E-state index in [4.69, 9.17) is 17.3 Å². The van der Waals surface area contributed by atoms with Gasteiger partial charge in [-0.25, -0.2) is 9.97 Å². The van der Waals surface area contributed by atoms with E-state index in [1.807, 2.05) is 12.1 Å². The molecule has 0 aliphatic rings. The highest BCUT2D eigenvalue weighted by Gasteiger charge is 2.12. The van der Waals surface area contributed by atoms with Crippen LogP contribution in [0.15, 0.2) is 104 Å².